The van der Waals surface area contributed by atoms with E-state index in [9.17, 15) is 8.42 Å². The monoisotopic (exact) mass is 302 g/mol. The standard InChI is InChI=1S/C14H26N2O3S/c1-5-9-15-11-13-7-8-14(19-13)20(17,18)16(10-6-2)12(3)4/h7-8,12,15H,5-6,9-11H2,1-4H3. The third-order valence-electron chi connectivity index (χ3n) is 2.95. The van der Waals surface area contributed by atoms with Crippen molar-refractivity contribution in [1.82, 2.24) is 9.62 Å². The normalized spacial score (nSPS) is 12.5. The second-order valence-corrected chi connectivity index (χ2v) is 6.93. The molecule has 1 rings (SSSR count). The Morgan fingerprint density at radius 3 is 2.50 bits per heavy atom. The number of furan rings is 1. The predicted octanol–water partition coefficient (Wildman–Crippen LogP) is 2.59. The van der Waals surface area contributed by atoms with Gasteiger partial charge in [-0.3, -0.25) is 0 Å². The Balaban J connectivity index is 2.86. The Morgan fingerprint density at radius 2 is 1.95 bits per heavy atom. The molecule has 0 unspecified atom stereocenters. The first kappa shape index (κ1) is 17.2. The molecule has 6 heteroatoms. The highest BCUT2D eigenvalue weighted by Gasteiger charge is 2.29. The molecule has 0 aliphatic heterocycles. The fourth-order valence-electron chi connectivity index (χ4n) is 1.97. The summed E-state index contributed by atoms with van der Waals surface area (Å²) in [6.07, 6.45) is 1.81. The van der Waals surface area contributed by atoms with Crippen LogP contribution in [0.4, 0.5) is 0 Å². The molecule has 1 aromatic rings. The minimum absolute atomic E-state index is 0.0351. The number of hydrogen-bond donors (Lipinski definition) is 1. The van der Waals surface area contributed by atoms with Crippen LogP contribution < -0.4 is 5.32 Å². The Labute approximate surface area is 122 Å². The summed E-state index contributed by atoms with van der Waals surface area (Å²) in [5.41, 5.74) is 0. The molecular weight excluding hydrogens is 276 g/mol. The lowest BCUT2D eigenvalue weighted by Crippen LogP contribution is -2.37. The van der Waals surface area contributed by atoms with Crippen LogP contribution in [0.2, 0.25) is 0 Å². The predicted molar refractivity (Wildman–Crippen MR) is 80.0 cm³/mol. The molecular formula is C14H26N2O3S. The molecule has 0 atom stereocenters. The molecule has 0 aliphatic rings. The van der Waals surface area contributed by atoms with E-state index in [0.717, 1.165) is 19.4 Å². The van der Waals surface area contributed by atoms with Gasteiger partial charge >= 0.3 is 0 Å². The molecule has 20 heavy (non-hydrogen) atoms. The number of nitrogens with zero attached hydrogens (tertiary/aromatic N) is 1. The van der Waals surface area contributed by atoms with E-state index in [1.54, 1.807) is 12.1 Å². The van der Waals surface area contributed by atoms with Gasteiger partial charge in [-0.25, -0.2) is 8.42 Å². The topological polar surface area (TPSA) is 62.6 Å². The van der Waals surface area contributed by atoms with Gasteiger partial charge in [0.2, 0.25) is 5.09 Å². The van der Waals surface area contributed by atoms with Crippen LogP contribution in [0, 0.1) is 0 Å². The van der Waals surface area contributed by atoms with Crippen molar-refractivity contribution in [2.75, 3.05) is 13.1 Å². The van der Waals surface area contributed by atoms with Crippen LogP contribution in [0.15, 0.2) is 21.6 Å². The van der Waals surface area contributed by atoms with Crippen molar-refractivity contribution in [3.05, 3.63) is 17.9 Å². The maximum absolute atomic E-state index is 12.5. The summed E-state index contributed by atoms with van der Waals surface area (Å²) in [5, 5.41) is 3.23. The van der Waals surface area contributed by atoms with Crippen LogP contribution >= 0.6 is 0 Å². The zero-order valence-corrected chi connectivity index (χ0v) is 13.7. The molecule has 1 N–H and O–H groups in total. The second kappa shape index (κ2) is 7.81. The van der Waals surface area contributed by atoms with Gasteiger partial charge in [-0.1, -0.05) is 13.8 Å². The summed E-state index contributed by atoms with van der Waals surface area (Å²) >= 11 is 0. The molecule has 5 nitrogen and oxygen atoms in total. The van der Waals surface area contributed by atoms with E-state index < -0.39 is 10.0 Å². The van der Waals surface area contributed by atoms with Crippen LogP contribution in [0.25, 0.3) is 0 Å². The first-order valence-electron chi connectivity index (χ1n) is 7.24. The van der Waals surface area contributed by atoms with E-state index in [4.69, 9.17) is 4.42 Å². The van der Waals surface area contributed by atoms with E-state index in [0.29, 0.717) is 18.8 Å². The van der Waals surface area contributed by atoms with Crippen LogP contribution in [0.3, 0.4) is 0 Å². The van der Waals surface area contributed by atoms with Gasteiger partial charge in [-0.15, -0.1) is 0 Å². The Morgan fingerprint density at radius 1 is 1.25 bits per heavy atom. The van der Waals surface area contributed by atoms with Crippen molar-refractivity contribution in [1.29, 1.82) is 0 Å². The van der Waals surface area contributed by atoms with Crippen molar-refractivity contribution in [2.45, 2.75) is 58.2 Å². The van der Waals surface area contributed by atoms with Crippen molar-refractivity contribution in [3.63, 3.8) is 0 Å². The van der Waals surface area contributed by atoms with Gasteiger partial charge in [0.05, 0.1) is 6.54 Å². The van der Waals surface area contributed by atoms with Crippen LogP contribution in [0.5, 0.6) is 0 Å². The van der Waals surface area contributed by atoms with Crippen LogP contribution in [-0.2, 0) is 16.6 Å². The van der Waals surface area contributed by atoms with Gasteiger partial charge in [0.25, 0.3) is 10.0 Å². The summed E-state index contributed by atoms with van der Waals surface area (Å²) in [7, 11) is -3.53. The van der Waals surface area contributed by atoms with E-state index >= 15 is 0 Å². The molecule has 0 radical (unpaired) electrons. The highest BCUT2D eigenvalue weighted by atomic mass is 32.2. The number of hydrogen-bond acceptors (Lipinski definition) is 4. The summed E-state index contributed by atoms with van der Waals surface area (Å²) in [4.78, 5) is 0. The molecule has 1 aromatic heterocycles. The van der Waals surface area contributed by atoms with Gasteiger partial charge in [0.15, 0.2) is 0 Å². The molecule has 116 valence electrons. The summed E-state index contributed by atoms with van der Waals surface area (Å²) in [6, 6.07) is 3.19. The maximum atomic E-state index is 12.5. The molecule has 0 aliphatic carbocycles. The Bertz CT molecular complexity index is 494. The molecule has 0 bridgehead atoms. The lowest BCUT2D eigenvalue weighted by atomic mass is 10.4. The Hall–Kier alpha value is -0.850. The van der Waals surface area contributed by atoms with E-state index in [2.05, 4.69) is 12.2 Å². The minimum Gasteiger partial charge on any atom is -0.447 e. The number of nitrogens with one attached hydrogen (secondary N) is 1. The first-order chi connectivity index (χ1) is 9.43. The average molecular weight is 302 g/mol. The van der Waals surface area contributed by atoms with Crippen LogP contribution in [0.1, 0.15) is 46.3 Å². The van der Waals surface area contributed by atoms with Gasteiger partial charge in [0, 0.05) is 12.6 Å². The summed E-state index contributed by atoms with van der Waals surface area (Å²) < 4.78 is 32.0. The summed E-state index contributed by atoms with van der Waals surface area (Å²) in [5.74, 6) is 0.650. The smallest absolute Gasteiger partial charge is 0.276 e. The molecule has 0 aromatic carbocycles. The second-order valence-electron chi connectivity index (χ2n) is 5.11. The number of rotatable bonds is 9. The van der Waals surface area contributed by atoms with E-state index in [1.165, 1.54) is 4.31 Å². The van der Waals surface area contributed by atoms with Gasteiger partial charge in [0.1, 0.15) is 5.76 Å². The summed E-state index contributed by atoms with van der Waals surface area (Å²) in [6.45, 7) is 9.74. The van der Waals surface area contributed by atoms with Crippen molar-refractivity contribution >= 4 is 10.0 Å². The number of sulfonamides is 1. The molecule has 1 heterocycles. The SMILES string of the molecule is CCCNCc1ccc(S(=O)(=O)N(CCC)C(C)C)o1. The van der Waals surface area contributed by atoms with Gasteiger partial charge < -0.3 is 9.73 Å². The lowest BCUT2D eigenvalue weighted by Gasteiger charge is -2.23. The largest absolute Gasteiger partial charge is 0.447 e. The molecule has 0 spiro atoms. The molecule has 0 saturated heterocycles. The third-order valence-corrected chi connectivity index (χ3v) is 4.90. The molecule has 0 fully saturated rings. The van der Waals surface area contributed by atoms with Gasteiger partial charge in [-0.2, -0.15) is 4.31 Å². The van der Waals surface area contributed by atoms with Crippen molar-refractivity contribution in [3.8, 4) is 0 Å². The fourth-order valence-corrected chi connectivity index (χ4v) is 3.63. The average Bonchev–Trinajstić information content (AvgIpc) is 2.85. The van der Waals surface area contributed by atoms with Crippen molar-refractivity contribution < 1.29 is 12.8 Å². The highest BCUT2D eigenvalue weighted by Crippen LogP contribution is 2.21. The Kier molecular flexibility index (Phi) is 6.71. The quantitative estimate of drug-likeness (QED) is 0.712. The zero-order chi connectivity index (χ0) is 15.2. The molecule has 0 amide bonds. The van der Waals surface area contributed by atoms with Crippen LogP contribution in [-0.4, -0.2) is 31.9 Å². The maximum Gasteiger partial charge on any atom is 0.276 e. The first-order valence-corrected chi connectivity index (χ1v) is 8.68. The van der Waals surface area contributed by atoms with Crippen molar-refractivity contribution in [2.24, 2.45) is 0 Å². The van der Waals surface area contributed by atoms with Gasteiger partial charge in [-0.05, 0) is 45.4 Å². The fraction of sp³-hybridized carbons (Fsp3) is 0.714. The van der Waals surface area contributed by atoms with E-state index in [-0.39, 0.29) is 11.1 Å². The lowest BCUT2D eigenvalue weighted by molar-refractivity contribution is 0.329. The minimum atomic E-state index is -3.53. The van der Waals surface area contributed by atoms with E-state index in [1.807, 2.05) is 20.8 Å². The third kappa shape index (κ3) is 4.33. The zero-order valence-electron chi connectivity index (χ0n) is 12.8. The molecule has 0 saturated carbocycles. The highest BCUT2D eigenvalue weighted by molar-refractivity contribution is 7.89.